The second kappa shape index (κ2) is 17.9. The highest BCUT2D eigenvalue weighted by atomic mass is 16.4. The fourth-order valence-electron chi connectivity index (χ4n) is 7.34. The molecule has 4 amide bonds. The van der Waals surface area contributed by atoms with E-state index in [1.807, 2.05) is 0 Å². The van der Waals surface area contributed by atoms with E-state index >= 15 is 0 Å². The summed E-state index contributed by atoms with van der Waals surface area (Å²) >= 11 is 0. The summed E-state index contributed by atoms with van der Waals surface area (Å²) in [5, 5.41) is 24.1. The summed E-state index contributed by atoms with van der Waals surface area (Å²) in [4.78, 5) is 71.0. The molecule has 13 nitrogen and oxygen atoms in total. The number of carboxylic acids is 1. The van der Waals surface area contributed by atoms with Crippen LogP contribution in [0.5, 0.6) is 0 Å². The average Bonchev–Trinajstić information content (AvgIpc) is 3.15. The number of carbonyl (C=O) groups excluding carboxylic acids is 4. The Morgan fingerprint density at radius 2 is 1.76 bits per heavy atom. The van der Waals surface area contributed by atoms with Crippen molar-refractivity contribution in [3.63, 3.8) is 0 Å². The predicted octanol–water partition coefficient (Wildman–Crippen LogP) is 2.25. The average molecular weight is 690 g/mol. The Bertz CT molecular complexity index is 1530. The molecule has 50 heavy (non-hydrogen) atoms. The third kappa shape index (κ3) is 10.0. The van der Waals surface area contributed by atoms with E-state index in [9.17, 15) is 29.1 Å². The number of anilines is 1. The first-order chi connectivity index (χ1) is 24.2. The molecule has 1 aromatic heterocycles. The summed E-state index contributed by atoms with van der Waals surface area (Å²) < 4.78 is 0. The smallest absolute Gasteiger partial charge is 0.328 e. The molecule has 6 N–H and O–H groups in total. The number of piperidine rings is 1. The number of nitrogens with one attached hydrogen (secondary N) is 5. The van der Waals surface area contributed by atoms with Gasteiger partial charge in [-0.1, -0.05) is 31.0 Å². The number of pyridine rings is 1. The number of rotatable bonds is 14. The number of fused-ring (bicyclic) bond motifs is 1. The van der Waals surface area contributed by atoms with Crippen molar-refractivity contribution in [1.82, 2.24) is 31.2 Å². The van der Waals surface area contributed by atoms with Gasteiger partial charge in [-0.3, -0.25) is 19.2 Å². The van der Waals surface area contributed by atoms with Crippen LogP contribution >= 0.6 is 0 Å². The van der Waals surface area contributed by atoms with Crippen molar-refractivity contribution >= 4 is 35.4 Å². The van der Waals surface area contributed by atoms with Crippen molar-refractivity contribution < 1.29 is 29.1 Å². The number of hydrogen-bond acceptors (Lipinski definition) is 8. The first-order valence-corrected chi connectivity index (χ1v) is 18.1. The lowest BCUT2D eigenvalue weighted by Crippen LogP contribution is -2.53. The van der Waals surface area contributed by atoms with Crippen LogP contribution in [0, 0.1) is 17.8 Å². The Morgan fingerprint density at radius 1 is 0.960 bits per heavy atom. The number of likely N-dealkylation sites (tertiary alicyclic amines) is 1. The lowest BCUT2D eigenvalue weighted by atomic mass is 9.78. The minimum Gasteiger partial charge on any atom is -0.480 e. The van der Waals surface area contributed by atoms with Crippen molar-refractivity contribution in [2.24, 2.45) is 17.8 Å². The fourth-order valence-corrected chi connectivity index (χ4v) is 7.34. The molecule has 270 valence electrons. The third-order valence-corrected chi connectivity index (χ3v) is 10.2. The summed E-state index contributed by atoms with van der Waals surface area (Å²) in [6.07, 6.45) is 8.09. The lowest BCUT2D eigenvalue weighted by molar-refractivity contribution is -0.144. The van der Waals surface area contributed by atoms with Crippen LogP contribution in [0.3, 0.4) is 0 Å². The normalized spacial score (nSPS) is 21.1. The molecule has 13 heteroatoms. The van der Waals surface area contributed by atoms with E-state index in [-0.39, 0.29) is 36.7 Å². The maximum atomic E-state index is 13.4. The largest absolute Gasteiger partial charge is 0.480 e. The molecule has 0 spiro atoms. The van der Waals surface area contributed by atoms with Crippen molar-refractivity contribution in [3.8, 4) is 0 Å². The van der Waals surface area contributed by atoms with Gasteiger partial charge in [0, 0.05) is 56.3 Å². The highest BCUT2D eigenvalue weighted by molar-refractivity contribution is 5.94. The Balaban J connectivity index is 1.07. The van der Waals surface area contributed by atoms with Gasteiger partial charge in [-0.05, 0) is 93.8 Å². The van der Waals surface area contributed by atoms with Crippen LogP contribution in [0.15, 0.2) is 36.4 Å². The molecule has 2 aromatic rings. The molecule has 1 aliphatic carbocycles. The number of carbonyl (C=O) groups is 5. The van der Waals surface area contributed by atoms with Crippen molar-refractivity contribution in [3.05, 3.63) is 58.8 Å². The molecule has 4 atom stereocenters. The summed E-state index contributed by atoms with van der Waals surface area (Å²) in [6, 6.07) is 9.90. The summed E-state index contributed by atoms with van der Waals surface area (Å²) in [5.41, 5.74) is 3.57. The zero-order valence-corrected chi connectivity index (χ0v) is 29.0. The molecule has 0 radical (unpaired) electrons. The van der Waals surface area contributed by atoms with Gasteiger partial charge in [0.2, 0.25) is 17.7 Å². The van der Waals surface area contributed by atoms with E-state index in [0.717, 1.165) is 88.1 Å². The Hall–Kier alpha value is -4.52. The van der Waals surface area contributed by atoms with Gasteiger partial charge in [0.1, 0.15) is 11.9 Å². The van der Waals surface area contributed by atoms with Crippen LogP contribution in [0.25, 0.3) is 0 Å². The number of aryl methyl sites for hydroxylation is 2. The van der Waals surface area contributed by atoms with Gasteiger partial charge in [0.15, 0.2) is 0 Å². The summed E-state index contributed by atoms with van der Waals surface area (Å²) in [6.45, 7) is 3.28. The van der Waals surface area contributed by atoms with Crippen LogP contribution in [-0.4, -0.2) is 90.4 Å². The first kappa shape index (κ1) is 36.8. The predicted molar refractivity (Wildman–Crippen MR) is 188 cm³/mol. The molecule has 1 aromatic carbocycles. The topological polar surface area (TPSA) is 182 Å². The number of benzene rings is 1. The number of nitrogens with zero attached hydrogens (tertiary/aromatic N) is 2. The minimum atomic E-state index is -1.32. The van der Waals surface area contributed by atoms with E-state index in [1.165, 1.54) is 5.56 Å². The van der Waals surface area contributed by atoms with Gasteiger partial charge in [0.25, 0.3) is 5.91 Å². The third-order valence-electron chi connectivity index (χ3n) is 10.2. The zero-order valence-electron chi connectivity index (χ0n) is 29.0. The van der Waals surface area contributed by atoms with Crippen molar-refractivity contribution in [2.45, 2.75) is 76.8 Å². The van der Waals surface area contributed by atoms with E-state index in [4.69, 9.17) is 4.98 Å². The van der Waals surface area contributed by atoms with E-state index < -0.39 is 29.8 Å². The number of carboxylic acid groups (broad SMARTS) is 1. The minimum absolute atomic E-state index is 0.195. The highest BCUT2D eigenvalue weighted by Crippen LogP contribution is 2.31. The molecule has 1 saturated heterocycles. The quantitative estimate of drug-likeness (QED) is 0.173. The molecule has 2 aliphatic heterocycles. The monoisotopic (exact) mass is 689 g/mol. The molecule has 2 fully saturated rings. The highest BCUT2D eigenvalue weighted by Gasteiger charge is 2.37. The van der Waals surface area contributed by atoms with E-state index in [1.54, 1.807) is 31.3 Å². The molecule has 1 saturated carbocycles. The molecule has 5 rings (SSSR count). The van der Waals surface area contributed by atoms with Gasteiger partial charge in [-0.25, -0.2) is 9.78 Å². The second-order valence-corrected chi connectivity index (χ2v) is 13.7. The van der Waals surface area contributed by atoms with Gasteiger partial charge in [0.05, 0.1) is 5.92 Å². The maximum absolute atomic E-state index is 13.4. The van der Waals surface area contributed by atoms with Crippen molar-refractivity contribution in [2.75, 3.05) is 45.1 Å². The first-order valence-electron chi connectivity index (χ1n) is 18.1. The summed E-state index contributed by atoms with van der Waals surface area (Å²) in [5.74, 6) is -3.02. The summed E-state index contributed by atoms with van der Waals surface area (Å²) in [7, 11) is 1.55. The maximum Gasteiger partial charge on any atom is 0.328 e. The van der Waals surface area contributed by atoms with Gasteiger partial charge in [-0.15, -0.1) is 0 Å². The van der Waals surface area contributed by atoms with E-state index in [2.05, 4.69) is 43.6 Å². The standard InChI is InChI=1S/C37H51N7O6/c1-38-33(45)26-9-4-8-24(20-26)21-40-35(47)29-13-2-3-14-30(29)36(48)43-31(37(49)50)22-41-34(46)27-11-6-18-44(23-27)19-7-12-28-16-15-25-10-5-17-39-32(25)42-28/h4,8-9,15-16,20,27,29-31H,2-3,5-7,10-14,17-19,21-23H2,1H3,(H,38,45)(H,39,42)(H,40,47)(H,41,46)(H,43,48)(H,49,50)/t27-,29-,30-,31?/m1/s1. The van der Waals surface area contributed by atoms with Crippen LogP contribution in [0.1, 0.15) is 78.5 Å². The van der Waals surface area contributed by atoms with Crippen LogP contribution in [0.2, 0.25) is 0 Å². The Kier molecular flexibility index (Phi) is 13.2. The molecule has 3 heterocycles. The number of amides is 4. The van der Waals surface area contributed by atoms with Crippen LogP contribution in [0.4, 0.5) is 5.82 Å². The van der Waals surface area contributed by atoms with Gasteiger partial charge in [-0.2, -0.15) is 0 Å². The van der Waals surface area contributed by atoms with Gasteiger partial charge >= 0.3 is 5.97 Å². The van der Waals surface area contributed by atoms with Crippen LogP contribution < -0.4 is 26.6 Å². The van der Waals surface area contributed by atoms with E-state index in [0.29, 0.717) is 24.9 Å². The zero-order chi connectivity index (χ0) is 35.5. The number of aliphatic carboxylic acids is 1. The molecule has 0 bridgehead atoms. The lowest BCUT2D eigenvalue weighted by Gasteiger charge is -2.32. The molecule has 1 unspecified atom stereocenters. The molecular weight excluding hydrogens is 638 g/mol. The number of aromatic nitrogens is 1. The van der Waals surface area contributed by atoms with Gasteiger partial charge < -0.3 is 36.6 Å². The molecule has 3 aliphatic rings. The molecular formula is C37H51N7O6. The Labute approximate surface area is 293 Å². The fraction of sp³-hybridized carbons (Fsp3) is 0.568. The van der Waals surface area contributed by atoms with Crippen LogP contribution in [-0.2, 0) is 38.6 Å². The second-order valence-electron chi connectivity index (χ2n) is 13.7. The SMILES string of the molecule is CNC(=O)c1cccc(CNC(=O)[C@@H]2CCCC[C@H]2C(=O)NC(CNC(=O)[C@@H]2CCCN(CCCc3ccc4c(n3)NCCC4)C2)C(=O)O)c1. The van der Waals surface area contributed by atoms with Crippen molar-refractivity contribution in [1.29, 1.82) is 0 Å². The Morgan fingerprint density at radius 3 is 2.54 bits per heavy atom. The number of hydrogen-bond donors (Lipinski definition) is 6.